The Balaban J connectivity index is 1.88. The highest BCUT2D eigenvalue weighted by Gasteiger charge is 2.24. The molecule has 1 amide bonds. The minimum absolute atomic E-state index is 0.0968. The molecule has 0 fully saturated rings. The molecule has 0 spiro atoms. The Hall–Kier alpha value is -3.15. The fourth-order valence-corrected chi connectivity index (χ4v) is 4.63. The number of rotatable bonds is 8. The number of nitrogens with one attached hydrogen (secondary N) is 1. The van der Waals surface area contributed by atoms with E-state index in [2.05, 4.69) is 10.3 Å². The second-order valence-corrected chi connectivity index (χ2v) is 9.69. The van der Waals surface area contributed by atoms with Crippen LogP contribution >= 0.6 is 11.3 Å². The standard InChI is InChI=1S/C21H23N3O6S2/c1-24(2)32(26,27)19-10-13(6-9-17(19)29-4)20(25)23-21-22-16(12-31-21)15-8-7-14(28-3)11-18(15)30-5/h6-12H,1-5H3,(H,22,23,25). The number of sulfonamides is 1. The molecule has 3 aromatic rings. The van der Waals surface area contributed by atoms with E-state index in [1.807, 2.05) is 6.07 Å². The van der Waals surface area contributed by atoms with Gasteiger partial charge in [0, 0.05) is 36.7 Å². The van der Waals surface area contributed by atoms with Crippen molar-refractivity contribution >= 4 is 32.4 Å². The zero-order chi connectivity index (χ0) is 23.5. The van der Waals surface area contributed by atoms with Crippen molar-refractivity contribution < 1.29 is 27.4 Å². The zero-order valence-corrected chi connectivity index (χ0v) is 19.8. The molecule has 32 heavy (non-hydrogen) atoms. The van der Waals surface area contributed by atoms with E-state index in [-0.39, 0.29) is 16.2 Å². The summed E-state index contributed by atoms with van der Waals surface area (Å²) in [7, 11) is 3.50. The fraction of sp³-hybridized carbons (Fsp3) is 0.238. The van der Waals surface area contributed by atoms with E-state index in [9.17, 15) is 13.2 Å². The van der Waals surface area contributed by atoms with E-state index in [0.717, 1.165) is 9.87 Å². The van der Waals surface area contributed by atoms with Gasteiger partial charge < -0.3 is 14.2 Å². The fourth-order valence-electron chi connectivity index (χ4n) is 2.85. The maximum atomic E-state index is 12.8. The van der Waals surface area contributed by atoms with Crippen LogP contribution in [0.2, 0.25) is 0 Å². The van der Waals surface area contributed by atoms with Crippen molar-refractivity contribution in [2.24, 2.45) is 0 Å². The lowest BCUT2D eigenvalue weighted by molar-refractivity contribution is 0.102. The number of methoxy groups -OCH3 is 3. The van der Waals surface area contributed by atoms with Crippen molar-refractivity contribution in [3.05, 3.63) is 47.3 Å². The van der Waals surface area contributed by atoms with Crippen LogP contribution in [0, 0.1) is 0 Å². The quantitative estimate of drug-likeness (QED) is 0.530. The van der Waals surface area contributed by atoms with Crippen LogP contribution in [0.4, 0.5) is 5.13 Å². The summed E-state index contributed by atoms with van der Waals surface area (Å²) in [6, 6.07) is 9.58. The molecule has 1 heterocycles. The lowest BCUT2D eigenvalue weighted by Gasteiger charge is -2.15. The molecular formula is C21H23N3O6S2. The second kappa shape index (κ2) is 9.55. The molecule has 0 aliphatic heterocycles. The number of nitrogens with zero attached hydrogens (tertiary/aromatic N) is 2. The summed E-state index contributed by atoms with van der Waals surface area (Å²) in [5, 5.41) is 4.85. The number of benzene rings is 2. The minimum Gasteiger partial charge on any atom is -0.497 e. The predicted molar refractivity (Wildman–Crippen MR) is 122 cm³/mol. The van der Waals surface area contributed by atoms with Crippen LogP contribution < -0.4 is 19.5 Å². The minimum atomic E-state index is -3.80. The van der Waals surface area contributed by atoms with E-state index < -0.39 is 15.9 Å². The van der Waals surface area contributed by atoms with Crippen LogP contribution in [0.15, 0.2) is 46.7 Å². The highest BCUT2D eigenvalue weighted by atomic mass is 32.2. The summed E-state index contributed by atoms with van der Waals surface area (Å²) in [4.78, 5) is 17.1. The van der Waals surface area contributed by atoms with Crippen molar-refractivity contribution in [1.29, 1.82) is 0 Å². The van der Waals surface area contributed by atoms with Gasteiger partial charge in [-0.2, -0.15) is 0 Å². The van der Waals surface area contributed by atoms with Gasteiger partial charge in [-0.1, -0.05) is 0 Å². The SMILES string of the molecule is COc1ccc(-c2csc(NC(=O)c3ccc(OC)c(S(=O)(=O)N(C)C)c3)n2)c(OC)c1. The summed E-state index contributed by atoms with van der Waals surface area (Å²) >= 11 is 1.24. The van der Waals surface area contributed by atoms with Crippen molar-refractivity contribution in [1.82, 2.24) is 9.29 Å². The van der Waals surface area contributed by atoms with Gasteiger partial charge in [-0.3, -0.25) is 10.1 Å². The number of thiazole rings is 1. The summed E-state index contributed by atoms with van der Waals surface area (Å²) in [6.45, 7) is 0. The molecule has 0 saturated heterocycles. The normalized spacial score (nSPS) is 11.3. The van der Waals surface area contributed by atoms with Crippen molar-refractivity contribution in [3.8, 4) is 28.5 Å². The Bertz CT molecular complexity index is 1240. The van der Waals surface area contributed by atoms with Crippen LogP contribution in [0.1, 0.15) is 10.4 Å². The number of amides is 1. The van der Waals surface area contributed by atoms with Gasteiger partial charge in [-0.25, -0.2) is 17.7 Å². The molecule has 0 atom stereocenters. The molecule has 3 rings (SSSR count). The first-order chi connectivity index (χ1) is 15.2. The maximum Gasteiger partial charge on any atom is 0.257 e. The van der Waals surface area contributed by atoms with Crippen LogP contribution in [0.5, 0.6) is 17.2 Å². The molecule has 0 saturated carbocycles. The van der Waals surface area contributed by atoms with E-state index >= 15 is 0 Å². The molecular weight excluding hydrogens is 454 g/mol. The largest absolute Gasteiger partial charge is 0.497 e. The van der Waals surface area contributed by atoms with Crippen molar-refractivity contribution in [2.45, 2.75) is 4.90 Å². The molecule has 0 aliphatic rings. The highest BCUT2D eigenvalue weighted by Crippen LogP contribution is 2.35. The van der Waals surface area contributed by atoms with Gasteiger partial charge in [0.15, 0.2) is 5.13 Å². The molecule has 1 aromatic heterocycles. The smallest absolute Gasteiger partial charge is 0.257 e. The Kier molecular flexibility index (Phi) is 7.02. The molecule has 1 N–H and O–H groups in total. The van der Waals surface area contributed by atoms with Gasteiger partial charge in [0.05, 0.1) is 27.0 Å². The van der Waals surface area contributed by atoms with Crippen molar-refractivity contribution in [3.63, 3.8) is 0 Å². The third-order valence-corrected chi connectivity index (χ3v) is 7.19. The van der Waals surface area contributed by atoms with Gasteiger partial charge in [0.25, 0.3) is 5.91 Å². The highest BCUT2D eigenvalue weighted by molar-refractivity contribution is 7.89. The lowest BCUT2D eigenvalue weighted by Crippen LogP contribution is -2.23. The second-order valence-electron chi connectivity index (χ2n) is 6.71. The Morgan fingerprint density at radius 2 is 1.72 bits per heavy atom. The molecule has 0 radical (unpaired) electrons. The van der Waals surface area contributed by atoms with Gasteiger partial charge in [0.1, 0.15) is 22.1 Å². The number of aromatic nitrogens is 1. The van der Waals surface area contributed by atoms with Crippen molar-refractivity contribution in [2.75, 3.05) is 40.7 Å². The lowest BCUT2D eigenvalue weighted by atomic mass is 10.1. The first kappa shape index (κ1) is 23.5. The molecule has 0 aliphatic carbocycles. The van der Waals surface area contributed by atoms with E-state index in [4.69, 9.17) is 14.2 Å². The number of carbonyl (C=O) groups is 1. The van der Waals surface area contributed by atoms with Gasteiger partial charge >= 0.3 is 0 Å². The summed E-state index contributed by atoms with van der Waals surface area (Å²) < 4.78 is 42.0. The molecule has 0 bridgehead atoms. The van der Waals surface area contributed by atoms with Gasteiger partial charge in [-0.15, -0.1) is 11.3 Å². The average molecular weight is 478 g/mol. The van der Waals surface area contributed by atoms with Gasteiger partial charge in [0.2, 0.25) is 10.0 Å². The monoisotopic (exact) mass is 477 g/mol. The predicted octanol–water partition coefficient (Wildman–Crippen LogP) is 3.34. The first-order valence-electron chi connectivity index (χ1n) is 9.31. The topological polar surface area (TPSA) is 107 Å². The third kappa shape index (κ3) is 4.69. The van der Waals surface area contributed by atoms with Crippen LogP contribution in [0.25, 0.3) is 11.3 Å². The Morgan fingerprint density at radius 1 is 1.00 bits per heavy atom. The zero-order valence-electron chi connectivity index (χ0n) is 18.2. The number of hydrogen-bond acceptors (Lipinski definition) is 8. The number of ether oxygens (including phenoxy) is 3. The molecule has 11 heteroatoms. The van der Waals surface area contributed by atoms with Crippen LogP contribution in [-0.4, -0.2) is 59.0 Å². The Morgan fingerprint density at radius 3 is 2.34 bits per heavy atom. The third-order valence-electron chi connectivity index (χ3n) is 4.59. The van der Waals surface area contributed by atoms with Gasteiger partial charge in [-0.05, 0) is 30.3 Å². The van der Waals surface area contributed by atoms with E-state index in [0.29, 0.717) is 22.3 Å². The molecule has 2 aromatic carbocycles. The van der Waals surface area contributed by atoms with Crippen LogP contribution in [0.3, 0.4) is 0 Å². The molecule has 9 nitrogen and oxygen atoms in total. The first-order valence-corrected chi connectivity index (χ1v) is 11.6. The summed E-state index contributed by atoms with van der Waals surface area (Å²) in [6.07, 6.45) is 0. The van der Waals surface area contributed by atoms with E-state index in [1.54, 1.807) is 31.7 Å². The van der Waals surface area contributed by atoms with Crippen LogP contribution in [-0.2, 0) is 10.0 Å². The molecule has 0 unspecified atom stereocenters. The Labute approximate surface area is 190 Å². The maximum absolute atomic E-state index is 12.8. The summed E-state index contributed by atoms with van der Waals surface area (Å²) in [5.74, 6) is 0.891. The number of anilines is 1. The van der Waals surface area contributed by atoms with E-state index in [1.165, 1.54) is 50.7 Å². The molecule has 170 valence electrons. The summed E-state index contributed by atoms with van der Waals surface area (Å²) in [5.41, 5.74) is 1.52. The number of carbonyl (C=O) groups excluding carboxylic acids is 1. The number of hydrogen-bond donors (Lipinski definition) is 1. The average Bonchev–Trinajstić information content (AvgIpc) is 3.25.